The molecule has 0 unspecified atom stereocenters. The zero-order valence-electron chi connectivity index (χ0n) is 22.2. The first-order valence-corrected chi connectivity index (χ1v) is 14.3. The molecule has 4 aliphatic carbocycles. The molecule has 196 valence electrons. The normalized spacial score (nSPS) is 48.6. The molecule has 1 N–H and O–H groups in total. The van der Waals surface area contributed by atoms with E-state index in [0.717, 1.165) is 28.3 Å². The maximum absolute atomic E-state index is 11.7. The number of hydrogen-bond acceptors (Lipinski definition) is 1. The zero-order chi connectivity index (χ0) is 22.4. The Morgan fingerprint density at radius 1 is 0.853 bits per heavy atom. The van der Waals surface area contributed by atoms with Gasteiger partial charge in [0, 0.05) is 50.4 Å². The Labute approximate surface area is 243 Å². The van der Waals surface area contributed by atoms with Crippen LogP contribution in [0.4, 0.5) is 0 Å². The van der Waals surface area contributed by atoms with Gasteiger partial charge in [0.25, 0.3) is 0 Å². The summed E-state index contributed by atoms with van der Waals surface area (Å²) in [4.78, 5) is 0. The van der Waals surface area contributed by atoms with E-state index in [0.29, 0.717) is 11.5 Å². The van der Waals surface area contributed by atoms with E-state index in [2.05, 4.69) is 34.0 Å². The Balaban J connectivity index is 0.00000137. The van der Waals surface area contributed by atoms with Crippen LogP contribution in [-0.4, -0.2) is 72.5 Å². The van der Waals surface area contributed by atoms with E-state index in [1.54, 1.807) is 0 Å². The first-order valence-electron chi connectivity index (χ1n) is 14.3. The summed E-state index contributed by atoms with van der Waals surface area (Å²) in [7, 11) is 5.02. The minimum atomic E-state index is -0.0925. The smallest absolute Gasteiger partial charge is 0.116 e. The highest BCUT2D eigenvalue weighted by Gasteiger charge is 2.64. The number of likely N-dealkylation sites (N-methyl/N-ethyl adjacent to an activating group) is 1. The lowest BCUT2D eigenvalue weighted by molar-refractivity contribution is -0.925. The van der Waals surface area contributed by atoms with Gasteiger partial charge in [0.1, 0.15) is 12.1 Å². The van der Waals surface area contributed by atoms with Crippen molar-refractivity contribution in [3.05, 3.63) is 11.6 Å². The zero-order valence-corrected chi connectivity index (χ0v) is 26.6. The van der Waals surface area contributed by atoms with E-state index in [9.17, 15) is 5.11 Å². The Bertz CT molecular complexity index is 789. The predicted octanol–water partition coefficient (Wildman–Crippen LogP) is -0.854. The fourth-order valence-electron chi connectivity index (χ4n) is 10.6. The van der Waals surface area contributed by atoms with Crippen molar-refractivity contribution >= 4 is 0 Å². The molecule has 0 spiro atoms. The third kappa shape index (κ3) is 4.02. The van der Waals surface area contributed by atoms with Crippen LogP contribution in [0.2, 0.25) is 0 Å². The first-order chi connectivity index (χ1) is 15.2. The van der Waals surface area contributed by atoms with Gasteiger partial charge in [0.15, 0.2) is 0 Å². The lowest BCUT2D eigenvalue weighted by Crippen LogP contribution is -3.00. The second kappa shape index (κ2) is 9.68. The van der Waals surface area contributed by atoms with Crippen LogP contribution < -0.4 is 48.0 Å². The van der Waals surface area contributed by atoms with Crippen molar-refractivity contribution in [3.63, 3.8) is 0 Å². The topological polar surface area (TPSA) is 20.2 Å². The van der Waals surface area contributed by atoms with Gasteiger partial charge in [0.05, 0.1) is 46.3 Å². The van der Waals surface area contributed by atoms with Gasteiger partial charge in [-0.2, -0.15) is 0 Å². The monoisotopic (exact) mass is 696 g/mol. The van der Waals surface area contributed by atoms with Crippen LogP contribution in [0.15, 0.2) is 11.6 Å². The van der Waals surface area contributed by atoms with Gasteiger partial charge in [-0.3, -0.25) is 0 Å². The summed E-state index contributed by atoms with van der Waals surface area (Å²) in [6.07, 6.45) is 17.7. The van der Waals surface area contributed by atoms with Crippen molar-refractivity contribution in [2.24, 2.45) is 28.6 Å². The molecule has 2 saturated heterocycles. The maximum atomic E-state index is 11.7. The SMILES string of the molecule is C[C@]12CC[C@H]3[C@@H](CC=C4C[C@@H]([N+]5(C)CCCC5)CC[C@@]43C)[C@@H]1C[C@H]([N+]1(C)CCCC1)[C@@H]2O.[I-].[I-]. The summed E-state index contributed by atoms with van der Waals surface area (Å²) in [6, 6.07) is 1.36. The molecule has 0 amide bonds. The van der Waals surface area contributed by atoms with E-state index in [1.165, 1.54) is 101 Å². The number of likely N-dealkylation sites (tertiary alicyclic amines) is 2. The number of hydrogen-bond donors (Lipinski definition) is 1. The Morgan fingerprint density at radius 2 is 1.47 bits per heavy atom. The summed E-state index contributed by atoms with van der Waals surface area (Å²) in [6.45, 7) is 10.6. The number of halogens is 2. The van der Waals surface area contributed by atoms with Gasteiger partial charge in [-0.15, -0.1) is 0 Å². The molecular formula is C29H50I2N2O. The van der Waals surface area contributed by atoms with Crippen molar-refractivity contribution in [2.75, 3.05) is 40.3 Å². The molecule has 6 aliphatic rings. The highest BCUT2D eigenvalue weighted by molar-refractivity contribution is 5.26. The molecule has 5 heteroatoms. The average Bonchev–Trinajstić information content (AvgIpc) is 3.47. The van der Waals surface area contributed by atoms with Gasteiger partial charge in [0.2, 0.25) is 0 Å². The third-order valence-corrected chi connectivity index (χ3v) is 12.9. The fraction of sp³-hybridized carbons (Fsp3) is 0.931. The molecule has 8 atom stereocenters. The molecule has 0 aromatic heterocycles. The number of aliphatic hydroxyl groups excluding tert-OH is 1. The molecule has 0 aromatic carbocycles. The lowest BCUT2D eigenvalue weighted by Gasteiger charge is -2.58. The molecule has 3 nitrogen and oxygen atoms in total. The highest BCUT2D eigenvalue weighted by atomic mass is 127. The van der Waals surface area contributed by atoms with Gasteiger partial charge in [-0.25, -0.2) is 0 Å². The van der Waals surface area contributed by atoms with E-state index >= 15 is 0 Å². The van der Waals surface area contributed by atoms with Crippen LogP contribution in [0.5, 0.6) is 0 Å². The first kappa shape index (κ1) is 28.1. The summed E-state index contributed by atoms with van der Waals surface area (Å²) in [5.74, 6) is 2.40. The second-order valence-electron chi connectivity index (χ2n) is 14.2. The Kier molecular flexibility index (Phi) is 8.00. The van der Waals surface area contributed by atoms with Crippen molar-refractivity contribution < 1.29 is 62.0 Å². The molecule has 2 heterocycles. The second-order valence-corrected chi connectivity index (χ2v) is 14.2. The summed E-state index contributed by atoms with van der Waals surface area (Å²) >= 11 is 0. The lowest BCUT2D eigenvalue weighted by atomic mass is 9.47. The van der Waals surface area contributed by atoms with Crippen LogP contribution in [0.3, 0.4) is 0 Å². The number of quaternary nitrogens is 2. The molecule has 6 rings (SSSR count). The Morgan fingerprint density at radius 3 is 2.12 bits per heavy atom. The van der Waals surface area contributed by atoms with E-state index in [4.69, 9.17) is 0 Å². The van der Waals surface area contributed by atoms with Crippen LogP contribution in [0, 0.1) is 28.6 Å². The minimum absolute atomic E-state index is 0. The summed E-state index contributed by atoms with van der Waals surface area (Å²) in [5, 5.41) is 11.7. The Hall–Kier alpha value is 1.08. The number of allylic oxidation sites excluding steroid dienone is 1. The van der Waals surface area contributed by atoms with Crippen LogP contribution in [0.25, 0.3) is 0 Å². The van der Waals surface area contributed by atoms with E-state index in [1.807, 2.05) is 5.57 Å². The van der Waals surface area contributed by atoms with Crippen molar-refractivity contribution in [2.45, 2.75) is 103 Å². The van der Waals surface area contributed by atoms with Crippen molar-refractivity contribution in [1.82, 2.24) is 0 Å². The summed E-state index contributed by atoms with van der Waals surface area (Å²) in [5.41, 5.74) is 2.44. The predicted molar refractivity (Wildman–Crippen MR) is 131 cm³/mol. The summed E-state index contributed by atoms with van der Waals surface area (Å²) < 4.78 is 2.51. The van der Waals surface area contributed by atoms with Crippen LogP contribution >= 0.6 is 0 Å². The molecule has 5 fully saturated rings. The molecule has 3 saturated carbocycles. The highest BCUT2D eigenvalue weighted by Crippen LogP contribution is 2.66. The molecule has 0 bridgehead atoms. The maximum Gasteiger partial charge on any atom is 0.116 e. The van der Waals surface area contributed by atoms with Crippen LogP contribution in [-0.2, 0) is 0 Å². The van der Waals surface area contributed by atoms with Crippen molar-refractivity contribution in [1.29, 1.82) is 0 Å². The molecule has 2 aliphatic heterocycles. The van der Waals surface area contributed by atoms with Gasteiger partial charge in [-0.1, -0.05) is 25.5 Å². The van der Waals surface area contributed by atoms with E-state index in [-0.39, 0.29) is 59.5 Å². The molecular weight excluding hydrogens is 646 g/mol. The third-order valence-electron chi connectivity index (χ3n) is 12.9. The van der Waals surface area contributed by atoms with Gasteiger partial charge in [-0.05, 0) is 48.9 Å². The van der Waals surface area contributed by atoms with E-state index < -0.39 is 0 Å². The standard InChI is InChI=1S/C29H50N2O.2HI/c1-28-13-11-22(30(3)15-5-6-16-30)19-21(28)9-10-23-24(28)12-14-29(2)25(23)20-26(27(29)32)31(4)17-7-8-18-31;;/h9,22-27,32H,5-8,10-20H2,1-4H3;2*1H/q+2;;/p-2/t22-,23+,24-,25-,26-,27-,28-,29-;;/m0../s1. The van der Waals surface area contributed by atoms with Gasteiger partial charge < -0.3 is 62.0 Å². The number of rotatable bonds is 2. The average molecular weight is 697 g/mol. The molecule has 0 aromatic rings. The minimum Gasteiger partial charge on any atom is -1.00 e. The number of nitrogens with zero attached hydrogens (tertiary/aromatic N) is 2. The number of aliphatic hydroxyl groups is 1. The molecule has 0 radical (unpaired) electrons. The van der Waals surface area contributed by atoms with Crippen LogP contribution in [0.1, 0.15) is 84.5 Å². The van der Waals surface area contributed by atoms with Gasteiger partial charge >= 0.3 is 0 Å². The molecule has 34 heavy (non-hydrogen) atoms. The largest absolute Gasteiger partial charge is 1.00 e. The quantitative estimate of drug-likeness (QED) is 0.227. The fourth-order valence-corrected chi connectivity index (χ4v) is 10.6. The van der Waals surface area contributed by atoms with Crippen molar-refractivity contribution in [3.8, 4) is 0 Å². The number of fused-ring (bicyclic) bond motifs is 5.